The topological polar surface area (TPSA) is 61.9 Å². The molecule has 1 aliphatic heterocycles. The molecule has 1 aliphatic rings. The van der Waals surface area contributed by atoms with Crippen LogP contribution in [0, 0.1) is 5.82 Å². The fourth-order valence-electron chi connectivity index (χ4n) is 2.66. The van der Waals surface area contributed by atoms with Gasteiger partial charge in [-0.05, 0) is 25.1 Å². The Bertz CT molecular complexity index is 597. The summed E-state index contributed by atoms with van der Waals surface area (Å²) < 4.78 is 19.1. The van der Waals surface area contributed by atoms with E-state index in [4.69, 9.17) is 4.74 Å². The Labute approximate surface area is 165 Å². The van der Waals surface area contributed by atoms with Crippen molar-refractivity contribution in [2.75, 3.05) is 57.9 Å². The SMILES string of the molecule is COCCNCC(=O)N1CCN(c2ccc(C(C)=O)cc2F)CC1.Cl.Cl. The van der Waals surface area contributed by atoms with Crippen LogP contribution in [0.5, 0.6) is 0 Å². The van der Waals surface area contributed by atoms with Gasteiger partial charge in [-0.15, -0.1) is 24.8 Å². The molecule has 0 unspecified atom stereocenters. The largest absolute Gasteiger partial charge is 0.383 e. The van der Waals surface area contributed by atoms with Crippen molar-refractivity contribution >= 4 is 42.2 Å². The summed E-state index contributed by atoms with van der Waals surface area (Å²) >= 11 is 0. The van der Waals surface area contributed by atoms with Gasteiger partial charge in [0.25, 0.3) is 0 Å². The van der Waals surface area contributed by atoms with Gasteiger partial charge in [0.1, 0.15) is 5.82 Å². The van der Waals surface area contributed by atoms with Crippen LogP contribution >= 0.6 is 24.8 Å². The predicted molar refractivity (Wildman–Crippen MR) is 104 cm³/mol. The maximum absolute atomic E-state index is 14.2. The Balaban J connectivity index is 0.00000312. The number of nitrogens with one attached hydrogen (secondary N) is 1. The van der Waals surface area contributed by atoms with Crippen molar-refractivity contribution in [3.8, 4) is 0 Å². The summed E-state index contributed by atoms with van der Waals surface area (Å²) in [4.78, 5) is 27.1. The van der Waals surface area contributed by atoms with E-state index < -0.39 is 5.82 Å². The van der Waals surface area contributed by atoms with Gasteiger partial charge in [0.2, 0.25) is 5.91 Å². The van der Waals surface area contributed by atoms with Crippen LogP contribution < -0.4 is 10.2 Å². The van der Waals surface area contributed by atoms with E-state index >= 15 is 0 Å². The number of rotatable bonds is 7. The summed E-state index contributed by atoms with van der Waals surface area (Å²) in [5.41, 5.74) is 0.845. The third-order valence-electron chi connectivity index (χ3n) is 4.09. The van der Waals surface area contributed by atoms with E-state index in [9.17, 15) is 14.0 Å². The van der Waals surface area contributed by atoms with Crippen LogP contribution in [0.25, 0.3) is 0 Å². The summed E-state index contributed by atoms with van der Waals surface area (Å²) in [5, 5.41) is 3.03. The molecule has 148 valence electrons. The number of ketones is 1. The standard InChI is InChI=1S/C17H24FN3O3.2ClH/c1-13(22)14-3-4-16(15(18)11-14)20-6-8-21(9-7-20)17(23)12-19-5-10-24-2;;/h3-4,11,19H,5-10,12H2,1-2H3;2*1H. The van der Waals surface area contributed by atoms with Gasteiger partial charge in [-0.25, -0.2) is 4.39 Å². The number of anilines is 1. The van der Waals surface area contributed by atoms with E-state index in [-0.39, 0.29) is 43.0 Å². The summed E-state index contributed by atoms with van der Waals surface area (Å²) in [7, 11) is 1.62. The van der Waals surface area contributed by atoms with Crippen LogP contribution in [0.3, 0.4) is 0 Å². The van der Waals surface area contributed by atoms with Crippen molar-refractivity contribution in [2.45, 2.75) is 6.92 Å². The zero-order chi connectivity index (χ0) is 17.5. The lowest BCUT2D eigenvalue weighted by molar-refractivity contribution is -0.130. The van der Waals surface area contributed by atoms with E-state index in [1.54, 1.807) is 24.1 Å². The van der Waals surface area contributed by atoms with Gasteiger partial charge in [-0.2, -0.15) is 0 Å². The number of piperazine rings is 1. The number of carbonyl (C=O) groups excluding carboxylic acids is 2. The number of amides is 1. The number of methoxy groups -OCH3 is 1. The van der Waals surface area contributed by atoms with Crippen LogP contribution in [-0.4, -0.2) is 69.6 Å². The molecule has 0 bridgehead atoms. The highest BCUT2D eigenvalue weighted by atomic mass is 35.5. The fraction of sp³-hybridized carbons (Fsp3) is 0.529. The highest BCUT2D eigenvalue weighted by Gasteiger charge is 2.22. The lowest BCUT2D eigenvalue weighted by Crippen LogP contribution is -2.51. The molecule has 0 aromatic heterocycles. The summed E-state index contributed by atoms with van der Waals surface area (Å²) in [5.74, 6) is -0.515. The molecule has 0 saturated carbocycles. The zero-order valence-electron chi connectivity index (χ0n) is 15.0. The van der Waals surface area contributed by atoms with Crippen LogP contribution in [0.2, 0.25) is 0 Å². The third kappa shape index (κ3) is 6.72. The van der Waals surface area contributed by atoms with Gasteiger partial charge in [-0.1, -0.05) is 0 Å². The molecule has 6 nitrogen and oxygen atoms in total. The molecule has 1 saturated heterocycles. The molecular weight excluding hydrogens is 384 g/mol. The molecule has 0 spiro atoms. The smallest absolute Gasteiger partial charge is 0.236 e. The lowest BCUT2D eigenvalue weighted by Gasteiger charge is -2.36. The number of halogens is 3. The molecule has 1 fully saturated rings. The van der Waals surface area contributed by atoms with Crippen molar-refractivity contribution in [3.63, 3.8) is 0 Å². The number of nitrogens with zero attached hydrogens (tertiary/aromatic N) is 2. The van der Waals surface area contributed by atoms with Crippen molar-refractivity contribution in [1.82, 2.24) is 10.2 Å². The van der Waals surface area contributed by atoms with Gasteiger partial charge < -0.3 is 19.9 Å². The maximum Gasteiger partial charge on any atom is 0.236 e. The van der Waals surface area contributed by atoms with Gasteiger partial charge >= 0.3 is 0 Å². The second-order valence-corrected chi connectivity index (χ2v) is 5.76. The second kappa shape index (κ2) is 12.1. The molecule has 2 rings (SSSR count). The molecule has 0 aliphatic carbocycles. The predicted octanol–water partition coefficient (Wildman–Crippen LogP) is 1.76. The van der Waals surface area contributed by atoms with Gasteiger partial charge in [0, 0.05) is 45.4 Å². The van der Waals surface area contributed by atoms with Gasteiger partial charge in [0.15, 0.2) is 5.78 Å². The molecule has 0 atom stereocenters. The molecule has 1 aromatic carbocycles. The normalized spacial score (nSPS) is 13.7. The van der Waals surface area contributed by atoms with Crippen LogP contribution in [-0.2, 0) is 9.53 Å². The molecule has 1 N–H and O–H groups in total. The Morgan fingerprint density at radius 1 is 1.19 bits per heavy atom. The van der Waals surface area contributed by atoms with Crippen molar-refractivity contribution < 1.29 is 18.7 Å². The minimum Gasteiger partial charge on any atom is -0.383 e. The van der Waals surface area contributed by atoms with Crippen LogP contribution in [0.4, 0.5) is 10.1 Å². The van der Waals surface area contributed by atoms with Crippen molar-refractivity contribution in [3.05, 3.63) is 29.6 Å². The lowest BCUT2D eigenvalue weighted by atomic mass is 10.1. The first kappa shape index (κ1) is 24.6. The highest BCUT2D eigenvalue weighted by molar-refractivity contribution is 5.94. The Morgan fingerprint density at radius 2 is 1.85 bits per heavy atom. The number of benzene rings is 1. The molecule has 1 amide bonds. The quantitative estimate of drug-likeness (QED) is 0.549. The average Bonchev–Trinajstić information content (AvgIpc) is 2.58. The van der Waals surface area contributed by atoms with Crippen LogP contribution in [0.1, 0.15) is 17.3 Å². The number of ether oxygens (including phenoxy) is 1. The summed E-state index contributed by atoms with van der Waals surface area (Å²) in [6, 6.07) is 4.54. The Hall–Kier alpha value is -1.41. The van der Waals surface area contributed by atoms with Crippen molar-refractivity contribution in [1.29, 1.82) is 0 Å². The first-order chi connectivity index (χ1) is 11.5. The first-order valence-electron chi connectivity index (χ1n) is 8.05. The zero-order valence-corrected chi connectivity index (χ0v) is 16.6. The molecule has 0 radical (unpaired) electrons. The minimum absolute atomic E-state index is 0. The molecular formula is C17H26Cl2FN3O3. The monoisotopic (exact) mass is 409 g/mol. The van der Waals surface area contributed by atoms with E-state index in [2.05, 4.69) is 5.32 Å². The highest BCUT2D eigenvalue weighted by Crippen LogP contribution is 2.22. The minimum atomic E-state index is -0.399. The molecule has 9 heteroatoms. The second-order valence-electron chi connectivity index (χ2n) is 5.76. The van der Waals surface area contributed by atoms with E-state index in [1.165, 1.54) is 13.0 Å². The van der Waals surface area contributed by atoms with E-state index in [0.717, 1.165) is 0 Å². The molecule has 1 heterocycles. The Morgan fingerprint density at radius 3 is 2.38 bits per heavy atom. The average molecular weight is 410 g/mol. The first-order valence-corrected chi connectivity index (χ1v) is 8.05. The number of hydrogen-bond donors (Lipinski definition) is 1. The van der Waals surface area contributed by atoms with E-state index in [1.807, 2.05) is 4.90 Å². The molecule has 1 aromatic rings. The van der Waals surface area contributed by atoms with Crippen molar-refractivity contribution in [2.24, 2.45) is 0 Å². The maximum atomic E-state index is 14.2. The number of Topliss-reactive ketones (excluding diaryl/α,β-unsaturated/α-hetero) is 1. The third-order valence-corrected chi connectivity index (χ3v) is 4.09. The van der Waals surface area contributed by atoms with Gasteiger partial charge in [-0.3, -0.25) is 9.59 Å². The summed E-state index contributed by atoms with van der Waals surface area (Å²) in [6.45, 7) is 5.15. The fourth-order valence-corrected chi connectivity index (χ4v) is 2.66. The van der Waals surface area contributed by atoms with Gasteiger partial charge in [0.05, 0.1) is 18.8 Å². The Kier molecular flexibility index (Phi) is 11.4. The number of hydrogen-bond acceptors (Lipinski definition) is 5. The number of carbonyl (C=O) groups is 2. The van der Waals surface area contributed by atoms with Crippen LogP contribution in [0.15, 0.2) is 18.2 Å². The summed E-state index contributed by atoms with van der Waals surface area (Å²) in [6.07, 6.45) is 0. The van der Waals surface area contributed by atoms with E-state index in [0.29, 0.717) is 50.6 Å². The molecule has 26 heavy (non-hydrogen) atoms.